The first-order valence-electron chi connectivity index (χ1n) is 6.33. The average Bonchev–Trinajstić information content (AvgIpc) is 2.37. The molecule has 2 N–H and O–H groups in total. The van der Waals surface area contributed by atoms with E-state index < -0.39 is 17.4 Å². The predicted octanol–water partition coefficient (Wildman–Crippen LogP) is 1.71. The molecule has 0 saturated carbocycles. The lowest BCUT2D eigenvalue weighted by Crippen LogP contribution is -2.51. The summed E-state index contributed by atoms with van der Waals surface area (Å²) in [4.78, 5) is 27.1. The van der Waals surface area contributed by atoms with Gasteiger partial charge in [-0.3, -0.25) is 14.6 Å². The number of carboxylic acid groups (broad SMARTS) is 1. The molecule has 0 radical (unpaired) electrons. The molecule has 0 aliphatic heterocycles. The number of nitrogens with one attached hydrogen (secondary N) is 1. The number of carboxylic acids is 1. The van der Waals surface area contributed by atoms with Crippen LogP contribution < -0.4 is 10.1 Å². The van der Waals surface area contributed by atoms with E-state index in [1.807, 2.05) is 13.8 Å². The summed E-state index contributed by atoms with van der Waals surface area (Å²) in [6, 6.07) is 3.15. The van der Waals surface area contributed by atoms with Crippen LogP contribution in [0.25, 0.3) is 0 Å². The first-order valence-corrected chi connectivity index (χ1v) is 6.33. The van der Waals surface area contributed by atoms with Gasteiger partial charge in [-0.15, -0.1) is 0 Å². The normalized spacial score (nSPS) is 13.7. The molecule has 0 fully saturated rings. The maximum atomic E-state index is 12.2. The standard InChI is InChI=1S/C14H20N2O4/c1-9(2)14(3,8-12(17)18)16-13(19)11-7-10(20-4)5-6-15-11/h5-7,9H,8H2,1-4H3,(H,16,19)(H,17,18). The molecule has 0 saturated heterocycles. The minimum atomic E-state index is -0.958. The van der Waals surface area contributed by atoms with Crippen molar-refractivity contribution in [2.24, 2.45) is 5.92 Å². The van der Waals surface area contributed by atoms with E-state index in [4.69, 9.17) is 9.84 Å². The lowest BCUT2D eigenvalue weighted by molar-refractivity contribution is -0.138. The molecule has 0 aliphatic carbocycles. The smallest absolute Gasteiger partial charge is 0.305 e. The monoisotopic (exact) mass is 280 g/mol. The van der Waals surface area contributed by atoms with Crippen molar-refractivity contribution in [2.45, 2.75) is 32.7 Å². The highest BCUT2D eigenvalue weighted by Gasteiger charge is 2.33. The molecular weight excluding hydrogens is 260 g/mol. The van der Waals surface area contributed by atoms with Crippen LogP contribution in [0.2, 0.25) is 0 Å². The topological polar surface area (TPSA) is 88.5 Å². The molecule has 1 rings (SSSR count). The summed E-state index contributed by atoms with van der Waals surface area (Å²) in [6.45, 7) is 5.44. The number of aromatic nitrogens is 1. The molecule has 1 unspecified atom stereocenters. The van der Waals surface area contributed by atoms with Crippen LogP contribution in [0.4, 0.5) is 0 Å². The van der Waals surface area contributed by atoms with E-state index in [-0.39, 0.29) is 18.0 Å². The molecule has 0 bridgehead atoms. The van der Waals surface area contributed by atoms with Crippen LogP contribution in [0.15, 0.2) is 18.3 Å². The largest absolute Gasteiger partial charge is 0.497 e. The second-order valence-corrected chi connectivity index (χ2v) is 5.18. The van der Waals surface area contributed by atoms with Gasteiger partial charge in [-0.1, -0.05) is 13.8 Å². The van der Waals surface area contributed by atoms with E-state index in [0.717, 1.165) is 0 Å². The minimum Gasteiger partial charge on any atom is -0.497 e. The fourth-order valence-electron chi connectivity index (χ4n) is 1.69. The number of aliphatic carboxylic acids is 1. The third-order valence-corrected chi connectivity index (χ3v) is 3.39. The Balaban J connectivity index is 2.93. The van der Waals surface area contributed by atoms with Gasteiger partial charge in [0.05, 0.1) is 19.1 Å². The number of rotatable bonds is 6. The van der Waals surface area contributed by atoms with Crippen LogP contribution in [0.1, 0.15) is 37.7 Å². The van der Waals surface area contributed by atoms with Crippen LogP contribution in [-0.2, 0) is 4.79 Å². The van der Waals surface area contributed by atoms with E-state index in [9.17, 15) is 9.59 Å². The van der Waals surface area contributed by atoms with Crippen LogP contribution in [0.5, 0.6) is 5.75 Å². The molecule has 1 heterocycles. The first kappa shape index (κ1) is 15.9. The van der Waals surface area contributed by atoms with Crippen LogP contribution in [0, 0.1) is 5.92 Å². The van der Waals surface area contributed by atoms with Gasteiger partial charge in [-0.2, -0.15) is 0 Å². The maximum absolute atomic E-state index is 12.2. The number of methoxy groups -OCH3 is 1. The van der Waals surface area contributed by atoms with Gasteiger partial charge in [-0.25, -0.2) is 0 Å². The number of carbonyl (C=O) groups excluding carboxylic acids is 1. The van der Waals surface area contributed by atoms with Gasteiger partial charge < -0.3 is 15.2 Å². The second-order valence-electron chi connectivity index (χ2n) is 5.18. The third kappa shape index (κ3) is 3.94. The van der Waals surface area contributed by atoms with Gasteiger partial charge in [0.15, 0.2) is 0 Å². The van der Waals surface area contributed by atoms with Crippen molar-refractivity contribution in [3.05, 3.63) is 24.0 Å². The van der Waals surface area contributed by atoms with Crippen LogP contribution in [0.3, 0.4) is 0 Å². The molecule has 110 valence electrons. The summed E-state index contributed by atoms with van der Waals surface area (Å²) < 4.78 is 5.03. The van der Waals surface area contributed by atoms with Crippen molar-refractivity contribution in [1.82, 2.24) is 10.3 Å². The van der Waals surface area contributed by atoms with Crippen LogP contribution >= 0.6 is 0 Å². The van der Waals surface area contributed by atoms with Gasteiger partial charge in [0.1, 0.15) is 11.4 Å². The molecule has 0 spiro atoms. The Bertz CT molecular complexity index is 502. The second kappa shape index (κ2) is 6.36. The summed E-state index contributed by atoms with van der Waals surface area (Å²) in [5.74, 6) is -0.885. The quantitative estimate of drug-likeness (QED) is 0.828. The van der Waals surface area contributed by atoms with Crippen molar-refractivity contribution in [3.63, 3.8) is 0 Å². The Kier molecular flexibility index (Phi) is 5.07. The van der Waals surface area contributed by atoms with Crippen molar-refractivity contribution in [1.29, 1.82) is 0 Å². The fourth-order valence-corrected chi connectivity index (χ4v) is 1.69. The van der Waals surface area contributed by atoms with E-state index >= 15 is 0 Å². The van der Waals surface area contributed by atoms with Crippen LogP contribution in [-0.4, -0.2) is 34.6 Å². The number of amides is 1. The van der Waals surface area contributed by atoms with Crippen molar-refractivity contribution < 1.29 is 19.4 Å². The average molecular weight is 280 g/mol. The Labute approximate surface area is 118 Å². The number of carbonyl (C=O) groups is 2. The summed E-state index contributed by atoms with van der Waals surface area (Å²) in [6.07, 6.45) is 1.32. The molecule has 0 aliphatic rings. The molecule has 6 heteroatoms. The number of hydrogen-bond donors (Lipinski definition) is 2. The highest BCUT2D eigenvalue weighted by molar-refractivity contribution is 5.93. The predicted molar refractivity (Wildman–Crippen MR) is 73.8 cm³/mol. The van der Waals surface area contributed by atoms with Gasteiger partial charge in [-0.05, 0) is 18.9 Å². The molecule has 1 aromatic rings. The van der Waals surface area contributed by atoms with Gasteiger partial charge in [0, 0.05) is 12.3 Å². The molecule has 20 heavy (non-hydrogen) atoms. The Morgan fingerprint density at radius 1 is 1.50 bits per heavy atom. The van der Waals surface area contributed by atoms with E-state index in [2.05, 4.69) is 10.3 Å². The Hall–Kier alpha value is -2.11. The van der Waals surface area contributed by atoms with Gasteiger partial charge >= 0.3 is 5.97 Å². The zero-order valence-corrected chi connectivity index (χ0v) is 12.1. The molecular formula is C14H20N2O4. The van der Waals surface area contributed by atoms with Crippen molar-refractivity contribution >= 4 is 11.9 Å². The minimum absolute atomic E-state index is 0.0341. The Morgan fingerprint density at radius 2 is 2.15 bits per heavy atom. The van der Waals surface area contributed by atoms with E-state index in [1.165, 1.54) is 19.4 Å². The summed E-state index contributed by atoms with van der Waals surface area (Å²) >= 11 is 0. The number of ether oxygens (including phenoxy) is 1. The summed E-state index contributed by atoms with van der Waals surface area (Å²) in [5.41, 5.74) is -0.644. The SMILES string of the molecule is COc1ccnc(C(=O)NC(C)(CC(=O)O)C(C)C)c1. The molecule has 0 aromatic carbocycles. The lowest BCUT2D eigenvalue weighted by atomic mass is 9.85. The molecule has 6 nitrogen and oxygen atoms in total. The van der Waals surface area contributed by atoms with E-state index in [0.29, 0.717) is 5.75 Å². The van der Waals surface area contributed by atoms with E-state index in [1.54, 1.807) is 13.0 Å². The number of hydrogen-bond acceptors (Lipinski definition) is 4. The fraction of sp³-hybridized carbons (Fsp3) is 0.500. The zero-order chi connectivity index (χ0) is 15.3. The van der Waals surface area contributed by atoms with Crippen molar-refractivity contribution in [2.75, 3.05) is 7.11 Å². The Morgan fingerprint density at radius 3 is 2.65 bits per heavy atom. The summed E-state index contributed by atoms with van der Waals surface area (Å²) in [7, 11) is 1.50. The first-order chi connectivity index (χ1) is 9.28. The lowest BCUT2D eigenvalue weighted by Gasteiger charge is -2.33. The molecule has 1 amide bonds. The van der Waals surface area contributed by atoms with Gasteiger partial charge in [0.25, 0.3) is 5.91 Å². The van der Waals surface area contributed by atoms with Gasteiger partial charge in [0.2, 0.25) is 0 Å². The number of pyridine rings is 1. The zero-order valence-electron chi connectivity index (χ0n) is 12.1. The molecule has 1 atom stereocenters. The highest BCUT2D eigenvalue weighted by atomic mass is 16.5. The number of nitrogens with zero attached hydrogens (tertiary/aromatic N) is 1. The highest BCUT2D eigenvalue weighted by Crippen LogP contribution is 2.21. The maximum Gasteiger partial charge on any atom is 0.305 e. The summed E-state index contributed by atoms with van der Waals surface area (Å²) in [5, 5.41) is 11.7. The molecule has 1 aromatic heterocycles. The third-order valence-electron chi connectivity index (χ3n) is 3.39. The van der Waals surface area contributed by atoms with Crippen molar-refractivity contribution in [3.8, 4) is 5.75 Å².